The standard InChI is InChI=1S/C13H14N4O4/c1-8-15-11(13(18)21-2)12(14)16(8)7-9-4-3-5-10(6-9)17(19)20/h3-6H,7,14H2,1-2H3. The van der Waals surface area contributed by atoms with E-state index in [1.807, 2.05) is 0 Å². The van der Waals surface area contributed by atoms with Gasteiger partial charge in [-0.1, -0.05) is 12.1 Å². The zero-order valence-electron chi connectivity index (χ0n) is 11.6. The molecule has 0 aliphatic rings. The molecule has 21 heavy (non-hydrogen) atoms. The number of hydrogen-bond donors (Lipinski definition) is 1. The summed E-state index contributed by atoms with van der Waals surface area (Å²) in [5, 5.41) is 10.8. The van der Waals surface area contributed by atoms with E-state index >= 15 is 0 Å². The van der Waals surface area contributed by atoms with Gasteiger partial charge in [0.1, 0.15) is 11.6 Å². The number of anilines is 1. The van der Waals surface area contributed by atoms with Crippen molar-refractivity contribution in [2.24, 2.45) is 0 Å². The molecular weight excluding hydrogens is 276 g/mol. The number of nitrogens with two attached hydrogens (primary N) is 1. The quantitative estimate of drug-likeness (QED) is 0.518. The number of hydrogen-bond acceptors (Lipinski definition) is 6. The van der Waals surface area contributed by atoms with Gasteiger partial charge in [0.25, 0.3) is 5.69 Å². The number of non-ortho nitro benzene ring substituents is 1. The Balaban J connectivity index is 2.36. The Morgan fingerprint density at radius 2 is 2.24 bits per heavy atom. The summed E-state index contributed by atoms with van der Waals surface area (Å²) in [5.74, 6) is 0.0821. The van der Waals surface area contributed by atoms with Crippen LogP contribution >= 0.6 is 0 Å². The van der Waals surface area contributed by atoms with Crippen molar-refractivity contribution in [3.05, 3.63) is 51.5 Å². The fourth-order valence-electron chi connectivity index (χ4n) is 1.98. The van der Waals surface area contributed by atoms with Gasteiger partial charge in [0.15, 0.2) is 5.69 Å². The van der Waals surface area contributed by atoms with Crippen molar-refractivity contribution in [3.63, 3.8) is 0 Å². The van der Waals surface area contributed by atoms with Crippen molar-refractivity contribution in [2.45, 2.75) is 13.5 Å². The molecule has 110 valence electrons. The predicted octanol–water partition coefficient (Wildman–Crippen LogP) is 1.52. The molecule has 0 spiro atoms. The SMILES string of the molecule is COC(=O)c1nc(C)n(Cc2cccc([N+](=O)[O-])c2)c1N. The third kappa shape index (κ3) is 2.83. The monoisotopic (exact) mass is 290 g/mol. The first-order chi connectivity index (χ1) is 9.93. The maximum absolute atomic E-state index is 11.5. The van der Waals surface area contributed by atoms with E-state index < -0.39 is 10.9 Å². The second kappa shape index (κ2) is 5.61. The first-order valence-corrected chi connectivity index (χ1v) is 6.08. The number of nitro benzene ring substituents is 1. The lowest BCUT2D eigenvalue weighted by Gasteiger charge is -2.07. The molecule has 0 unspecified atom stereocenters. The Morgan fingerprint density at radius 3 is 2.86 bits per heavy atom. The Morgan fingerprint density at radius 1 is 1.52 bits per heavy atom. The molecule has 0 bridgehead atoms. The van der Waals surface area contributed by atoms with Crippen LogP contribution in [0.15, 0.2) is 24.3 Å². The molecule has 8 nitrogen and oxygen atoms in total. The Hall–Kier alpha value is -2.90. The molecule has 2 rings (SSSR count). The van der Waals surface area contributed by atoms with Crippen LogP contribution in [-0.2, 0) is 11.3 Å². The molecule has 0 aliphatic heterocycles. The highest BCUT2D eigenvalue weighted by Crippen LogP contribution is 2.19. The van der Waals surface area contributed by atoms with E-state index in [1.165, 1.54) is 19.2 Å². The molecule has 1 aromatic carbocycles. The van der Waals surface area contributed by atoms with Gasteiger partial charge >= 0.3 is 5.97 Å². The van der Waals surface area contributed by atoms with E-state index in [2.05, 4.69) is 9.72 Å². The molecule has 0 saturated heterocycles. The number of ether oxygens (including phenoxy) is 1. The van der Waals surface area contributed by atoms with E-state index in [0.29, 0.717) is 11.4 Å². The third-order valence-electron chi connectivity index (χ3n) is 3.04. The van der Waals surface area contributed by atoms with Gasteiger partial charge in [-0.15, -0.1) is 0 Å². The molecule has 0 saturated carbocycles. The number of imidazole rings is 1. The summed E-state index contributed by atoms with van der Waals surface area (Å²) in [6.07, 6.45) is 0. The highest BCUT2D eigenvalue weighted by Gasteiger charge is 2.19. The van der Waals surface area contributed by atoms with Gasteiger partial charge in [-0.2, -0.15) is 0 Å². The molecule has 0 amide bonds. The number of carbonyl (C=O) groups excluding carboxylic acids is 1. The van der Waals surface area contributed by atoms with E-state index in [1.54, 1.807) is 23.6 Å². The number of carbonyl (C=O) groups is 1. The van der Waals surface area contributed by atoms with Crippen LogP contribution in [0, 0.1) is 17.0 Å². The molecule has 2 aromatic rings. The third-order valence-corrected chi connectivity index (χ3v) is 3.04. The highest BCUT2D eigenvalue weighted by atomic mass is 16.6. The summed E-state index contributed by atoms with van der Waals surface area (Å²) >= 11 is 0. The molecular formula is C13H14N4O4. The van der Waals surface area contributed by atoms with Crippen LogP contribution in [0.25, 0.3) is 0 Å². The normalized spacial score (nSPS) is 10.4. The molecule has 2 N–H and O–H groups in total. The largest absolute Gasteiger partial charge is 0.464 e. The summed E-state index contributed by atoms with van der Waals surface area (Å²) in [4.78, 5) is 25.9. The minimum atomic E-state index is -0.617. The van der Waals surface area contributed by atoms with Crippen LogP contribution < -0.4 is 5.73 Å². The van der Waals surface area contributed by atoms with E-state index in [4.69, 9.17) is 5.73 Å². The zero-order valence-corrected chi connectivity index (χ0v) is 11.6. The Bertz CT molecular complexity index is 708. The van der Waals surface area contributed by atoms with Crippen molar-refractivity contribution in [3.8, 4) is 0 Å². The van der Waals surface area contributed by atoms with Gasteiger partial charge in [0.05, 0.1) is 18.6 Å². The topological polar surface area (TPSA) is 113 Å². The number of rotatable bonds is 4. The van der Waals surface area contributed by atoms with E-state index in [9.17, 15) is 14.9 Å². The molecule has 0 fully saturated rings. The molecule has 1 aromatic heterocycles. The van der Waals surface area contributed by atoms with Gasteiger partial charge < -0.3 is 15.0 Å². The molecule has 0 aliphatic carbocycles. The van der Waals surface area contributed by atoms with E-state index in [-0.39, 0.29) is 23.7 Å². The fraction of sp³-hybridized carbons (Fsp3) is 0.231. The van der Waals surface area contributed by atoms with Gasteiger partial charge in [0, 0.05) is 12.1 Å². The first kappa shape index (κ1) is 14.5. The van der Waals surface area contributed by atoms with Crippen LogP contribution in [0.2, 0.25) is 0 Å². The maximum Gasteiger partial charge on any atom is 0.360 e. The summed E-state index contributed by atoms with van der Waals surface area (Å²) in [6, 6.07) is 6.20. The van der Waals surface area contributed by atoms with Crippen LogP contribution in [-0.4, -0.2) is 27.6 Å². The fourth-order valence-corrected chi connectivity index (χ4v) is 1.98. The summed E-state index contributed by atoms with van der Waals surface area (Å²) in [5.41, 5.74) is 6.62. The number of nitrogen functional groups attached to an aromatic ring is 1. The highest BCUT2D eigenvalue weighted by molar-refractivity contribution is 5.92. The van der Waals surface area contributed by atoms with Crippen LogP contribution in [0.5, 0.6) is 0 Å². The first-order valence-electron chi connectivity index (χ1n) is 6.08. The molecule has 0 atom stereocenters. The lowest BCUT2D eigenvalue weighted by atomic mass is 10.2. The molecule has 1 heterocycles. The number of benzene rings is 1. The maximum atomic E-state index is 11.5. The van der Waals surface area contributed by atoms with Crippen LogP contribution in [0.3, 0.4) is 0 Å². The summed E-state index contributed by atoms with van der Waals surface area (Å²) in [6.45, 7) is 1.98. The average Bonchev–Trinajstić information content (AvgIpc) is 2.75. The summed E-state index contributed by atoms with van der Waals surface area (Å²) < 4.78 is 6.20. The molecule has 8 heteroatoms. The predicted molar refractivity (Wildman–Crippen MR) is 74.9 cm³/mol. The average molecular weight is 290 g/mol. The number of aryl methyl sites for hydroxylation is 1. The minimum absolute atomic E-state index is 0.00275. The summed E-state index contributed by atoms with van der Waals surface area (Å²) in [7, 11) is 1.25. The smallest absolute Gasteiger partial charge is 0.360 e. The Labute approximate surface area is 120 Å². The van der Waals surface area contributed by atoms with Crippen molar-refractivity contribution in [1.82, 2.24) is 9.55 Å². The minimum Gasteiger partial charge on any atom is -0.464 e. The van der Waals surface area contributed by atoms with Crippen molar-refractivity contribution < 1.29 is 14.5 Å². The van der Waals surface area contributed by atoms with Gasteiger partial charge in [-0.05, 0) is 12.5 Å². The van der Waals surface area contributed by atoms with Gasteiger partial charge in [0.2, 0.25) is 0 Å². The number of methoxy groups -OCH3 is 1. The molecule has 0 radical (unpaired) electrons. The van der Waals surface area contributed by atoms with Crippen molar-refractivity contribution in [2.75, 3.05) is 12.8 Å². The Kier molecular flexibility index (Phi) is 3.88. The second-order valence-electron chi connectivity index (χ2n) is 4.40. The van der Waals surface area contributed by atoms with Gasteiger partial charge in [-0.25, -0.2) is 9.78 Å². The lowest BCUT2D eigenvalue weighted by Crippen LogP contribution is -2.09. The number of nitrogens with zero attached hydrogens (tertiary/aromatic N) is 3. The van der Waals surface area contributed by atoms with Crippen LogP contribution in [0.1, 0.15) is 21.9 Å². The van der Waals surface area contributed by atoms with Crippen LogP contribution in [0.4, 0.5) is 11.5 Å². The second-order valence-corrected chi connectivity index (χ2v) is 4.40. The zero-order chi connectivity index (χ0) is 15.6. The number of nitro groups is 1. The van der Waals surface area contributed by atoms with Crippen molar-refractivity contribution in [1.29, 1.82) is 0 Å². The number of esters is 1. The van der Waals surface area contributed by atoms with Crippen molar-refractivity contribution >= 4 is 17.5 Å². The number of aromatic nitrogens is 2. The lowest BCUT2D eigenvalue weighted by molar-refractivity contribution is -0.384. The van der Waals surface area contributed by atoms with Gasteiger partial charge in [-0.3, -0.25) is 10.1 Å². The van der Waals surface area contributed by atoms with E-state index in [0.717, 1.165) is 0 Å².